The van der Waals surface area contributed by atoms with Crippen molar-refractivity contribution in [3.05, 3.63) is 428 Å². The SMILES string of the molecule is CC(C)(C)c1c(-c2ccccc2)cccc1-c1ccccc1.CC(C)(C)c1cc2c3c(c1)Oc1ccccc1B3c1ccccc1O2.CC(C)(C)c1cc2c3ccccc3n3c4ccccc4c(c1)c23.CC(C)(C)c1ccc2c(c1)-c1ccccc1-c1ccccc1-c1ccccc1-2.CC(C)(C)c1ccc2c3c1Oc1ccccc1B3c1ccccc1O2.CC(C)(C)c1cccc2c1oc1ccccc12. The summed E-state index contributed by atoms with van der Waals surface area (Å²) in [5, 5.41) is 7.87. The average molecular weight is 1820 g/mol. The number of hydrogen-bond acceptors (Lipinski definition) is 5. The molecule has 0 saturated heterocycles. The molecular formula is C132H119B2NO5. The molecule has 0 saturated carbocycles. The Hall–Kier alpha value is -15.1. The number of rotatable bonds is 2. The lowest BCUT2D eigenvalue weighted by atomic mass is 9.34. The molecule has 140 heavy (non-hydrogen) atoms. The summed E-state index contributed by atoms with van der Waals surface area (Å²) < 4.78 is 33.7. The predicted octanol–water partition coefficient (Wildman–Crippen LogP) is 32.7. The minimum absolute atomic E-state index is 0.00182. The molecule has 8 heteroatoms. The molecule has 0 N–H and O–H groups in total. The van der Waals surface area contributed by atoms with Crippen LogP contribution in [0.5, 0.6) is 46.0 Å². The number of benzene rings is 18. The first-order valence-corrected chi connectivity index (χ1v) is 49.5. The molecule has 21 aromatic rings. The molecule has 4 aliphatic heterocycles. The van der Waals surface area contributed by atoms with Crippen molar-refractivity contribution in [3.63, 3.8) is 0 Å². The van der Waals surface area contributed by atoms with Gasteiger partial charge in [-0.2, -0.15) is 0 Å². The molecule has 18 aromatic carbocycles. The number of aromatic nitrogens is 1. The Bertz CT molecular complexity index is 8090. The van der Waals surface area contributed by atoms with Crippen LogP contribution in [0.1, 0.15) is 158 Å². The number of fused-ring (bicyclic) bond motifs is 25. The van der Waals surface area contributed by atoms with Crippen molar-refractivity contribution in [1.82, 2.24) is 4.40 Å². The van der Waals surface area contributed by atoms with Crippen LogP contribution in [0, 0.1) is 0 Å². The maximum Gasteiger partial charge on any atom is 0.260 e. The molecule has 688 valence electrons. The summed E-state index contributed by atoms with van der Waals surface area (Å²) in [6, 6.07) is 140. The van der Waals surface area contributed by atoms with Gasteiger partial charge in [-0.15, -0.1) is 0 Å². The van der Waals surface area contributed by atoms with Crippen LogP contribution in [0.15, 0.2) is 399 Å². The van der Waals surface area contributed by atoms with Gasteiger partial charge in [0.05, 0.1) is 16.6 Å². The third-order valence-electron chi connectivity index (χ3n) is 28.4. The second-order valence-corrected chi connectivity index (χ2v) is 44.1. The van der Waals surface area contributed by atoms with E-state index < -0.39 is 0 Å². The lowest BCUT2D eigenvalue weighted by Crippen LogP contribution is -2.57. The number of furan rings is 1. The normalized spacial score (nSPS) is 12.8. The van der Waals surface area contributed by atoms with E-state index >= 15 is 0 Å². The lowest BCUT2D eigenvalue weighted by molar-refractivity contribution is 0.446. The fourth-order valence-electron chi connectivity index (χ4n) is 21.4. The van der Waals surface area contributed by atoms with E-state index in [0.29, 0.717) is 0 Å². The summed E-state index contributed by atoms with van der Waals surface area (Å²) in [6.07, 6.45) is 0. The third kappa shape index (κ3) is 16.9. The van der Waals surface area contributed by atoms with Gasteiger partial charge in [-0.05, 0) is 228 Å². The van der Waals surface area contributed by atoms with E-state index in [9.17, 15) is 0 Å². The molecule has 0 fully saturated rings. The summed E-state index contributed by atoms with van der Waals surface area (Å²) in [4.78, 5) is 0. The van der Waals surface area contributed by atoms with Crippen LogP contribution < -0.4 is 51.7 Å². The largest absolute Gasteiger partial charge is 0.458 e. The zero-order valence-electron chi connectivity index (χ0n) is 83.7. The molecule has 0 bridgehead atoms. The molecule has 3 aromatic heterocycles. The first-order valence-electron chi connectivity index (χ1n) is 49.5. The van der Waals surface area contributed by atoms with Crippen molar-refractivity contribution in [2.24, 2.45) is 0 Å². The highest BCUT2D eigenvalue weighted by Crippen LogP contribution is 2.51. The summed E-state index contributed by atoms with van der Waals surface area (Å²) in [7, 11) is 0. The molecule has 7 heterocycles. The van der Waals surface area contributed by atoms with E-state index in [1.807, 2.05) is 42.5 Å². The topological polar surface area (TPSA) is 54.5 Å². The Balaban J connectivity index is 0.000000100. The highest BCUT2D eigenvalue weighted by Gasteiger charge is 2.44. The van der Waals surface area contributed by atoms with Gasteiger partial charge in [0.1, 0.15) is 57.2 Å². The van der Waals surface area contributed by atoms with Crippen LogP contribution >= 0.6 is 0 Å². The van der Waals surface area contributed by atoms with Crippen molar-refractivity contribution < 1.29 is 23.4 Å². The Kier molecular flexibility index (Phi) is 23.3. The van der Waals surface area contributed by atoms with Crippen molar-refractivity contribution in [3.8, 4) is 113 Å². The van der Waals surface area contributed by atoms with Gasteiger partial charge in [0.15, 0.2) is 0 Å². The van der Waals surface area contributed by atoms with Gasteiger partial charge >= 0.3 is 0 Å². The number of nitrogens with zero attached hydrogens (tertiary/aromatic N) is 1. The van der Waals surface area contributed by atoms with Crippen molar-refractivity contribution >= 4 is 106 Å². The highest BCUT2D eigenvalue weighted by atomic mass is 16.5. The minimum atomic E-state index is -0.00182. The quantitative estimate of drug-likeness (QED) is 0.161. The zero-order valence-corrected chi connectivity index (χ0v) is 83.7. The minimum Gasteiger partial charge on any atom is -0.458 e. The molecule has 0 atom stereocenters. The maximum absolute atomic E-state index is 6.42. The molecule has 0 spiro atoms. The number of ether oxygens (including phenoxy) is 4. The van der Waals surface area contributed by atoms with Gasteiger partial charge < -0.3 is 27.8 Å². The Morgan fingerprint density at radius 1 is 0.214 bits per heavy atom. The fourth-order valence-corrected chi connectivity index (χ4v) is 21.4. The molecule has 1 aliphatic carbocycles. The van der Waals surface area contributed by atoms with Gasteiger partial charge in [-0.25, -0.2) is 0 Å². The molecule has 5 aliphatic rings. The summed E-state index contributed by atoms with van der Waals surface area (Å²) in [5.74, 6) is 7.46. The molecule has 6 nitrogen and oxygen atoms in total. The summed E-state index contributed by atoms with van der Waals surface area (Å²) in [6.45, 7) is 40.9. The van der Waals surface area contributed by atoms with Crippen molar-refractivity contribution in [2.45, 2.75) is 157 Å². The Morgan fingerprint density at radius 2 is 0.571 bits per heavy atom. The van der Waals surface area contributed by atoms with Crippen LogP contribution in [-0.4, -0.2) is 17.8 Å². The Labute approximate surface area is 825 Å². The first kappa shape index (κ1) is 91.3. The summed E-state index contributed by atoms with van der Waals surface area (Å²) >= 11 is 0. The predicted molar refractivity (Wildman–Crippen MR) is 594 cm³/mol. The van der Waals surface area contributed by atoms with E-state index in [4.69, 9.17) is 23.4 Å². The maximum atomic E-state index is 6.42. The van der Waals surface area contributed by atoms with Crippen LogP contribution in [-0.2, 0) is 32.5 Å². The lowest BCUT2D eigenvalue weighted by Gasteiger charge is -2.35. The molecular weight excluding hydrogens is 1700 g/mol. The van der Waals surface area contributed by atoms with Crippen LogP contribution in [0.25, 0.3) is 127 Å². The fraction of sp³-hybridized carbons (Fsp3) is 0.182. The van der Waals surface area contributed by atoms with Crippen molar-refractivity contribution in [1.29, 1.82) is 0 Å². The summed E-state index contributed by atoms with van der Waals surface area (Å²) in [5.41, 5.74) is 37.1. The van der Waals surface area contributed by atoms with E-state index in [0.717, 1.165) is 68.1 Å². The highest BCUT2D eigenvalue weighted by molar-refractivity contribution is 6.99. The molecule has 0 amide bonds. The van der Waals surface area contributed by atoms with Gasteiger partial charge in [-0.3, -0.25) is 0 Å². The first-order chi connectivity index (χ1) is 67.3. The Morgan fingerprint density at radius 3 is 1.02 bits per heavy atom. The second kappa shape index (κ2) is 35.7. The van der Waals surface area contributed by atoms with Gasteiger partial charge in [-0.1, -0.05) is 440 Å². The van der Waals surface area contributed by atoms with E-state index in [-0.39, 0.29) is 45.9 Å². The van der Waals surface area contributed by atoms with Crippen LogP contribution in [0.4, 0.5) is 0 Å². The number of hydrogen-bond donors (Lipinski definition) is 0. The molecule has 0 radical (unpaired) electrons. The van der Waals surface area contributed by atoms with Crippen LogP contribution in [0.2, 0.25) is 0 Å². The van der Waals surface area contributed by atoms with Crippen LogP contribution in [0.3, 0.4) is 0 Å². The van der Waals surface area contributed by atoms with E-state index in [2.05, 4.69) is 481 Å². The monoisotopic (exact) mass is 1820 g/mol. The van der Waals surface area contributed by atoms with Gasteiger partial charge in [0, 0.05) is 48.8 Å². The smallest absolute Gasteiger partial charge is 0.260 e. The molecule has 0 unspecified atom stereocenters. The van der Waals surface area contributed by atoms with Gasteiger partial charge in [0.2, 0.25) is 0 Å². The third-order valence-corrected chi connectivity index (χ3v) is 28.4. The second-order valence-electron chi connectivity index (χ2n) is 44.1. The van der Waals surface area contributed by atoms with E-state index in [1.54, 1.807) is 0 Å². The zero-order chi connectivity index (χ0) is 97.1. The van der Waals surface area contributed by atoms with E-state index in [1.165, 1.54) is 171 Å². The average Bonchev–Trinajstić information content (AvgIpc) is 1.48. The number of para-hydroxylation sites is 8. The van der Waals surface area contributed by atoms with Gasteiger partial charge in [0.25, 0.3) is 13.4 Å². The van der Waals surface area contributed by atoms with Crippen molar-refractivity contribution in [2.75, 3.05) is 0 Å². The standard InChI is InChI=1S/C28H24.2C22H19BO2.C22H19N.C22H22.C16H16O/c1-28(2,3)19-16-17-26-24-14-7-6-12-22(24)20-10-4-5-11-21(20)23-13-8-9-15-25(23)27(26)18-19;1-22(2,3)14-12-19-21-20(13-14)25-18-11-7-5-9-16(18)23(21)15-8-4-6-10-17(15)24-19;1-22(2,3)14-12-13-19-20-21(14)25-18-11-7-5-9-16(18)23(20)15-8-4-6-10-17(15)24-19;1-22(2,3)14-12-17-15-8-4-6-10-19(15)23-20-11-7-5-9-16(20)18(13-14)21(17)23;1-22(2,3)21-19(17-11-6-4-7-12-17)15-10-16-20(21)18-13-8-5-9-14-18;1-16(2,3)13-9-6-8-12-11-7-4-5-10-14(11)17-15(12)13/h4-18H,1-3H3;2*4-13H,1-3H3;4-13H,1-3H3;4-16H,1-3H3;4-10H,1-3H3. The molecule has 26 rings (SSSR count).